The van der Waals surface area contributed by atoms with Crippen LogP contribution >= 0.6 is 0 Å². The highest BCUT2D eigenvalue weighted by molar-refractivity contribution is 6.00. The molecule has 2 aliphatic rings. The Balaban J connectivity index is 1.70. The molecule has 0 spiro atoms. The van der Waals surface area contributed by atoms with Gasteiger partial charge in [0.15, 0.2) is 5.65 Å². The maximum Gasteiger partial charge on any atom is 0.259 e. The van der Waals surface area contributed by atoms with Crippen molar-refractivity contribution in [3.05, 3.63) is 42.1 Å². The summed E-state index contributed by atoms with van der Waals surface area (Å²) < 4.78 is 7.74. The average Bonchev–Trinajstić information content (AvgIpc) is 3.30. The number of aromatic nitrogens is 3. The maximum atomic E-state index is 13.2. The van der Waals surface area contributed by atoms with E-state index in [-0.39, 0.29) is 24.5 Å². The number of carbonyl (C=O) groups excluding carboxylic acids is 1. The third kappa shape index (κ3) is 2.63. The molecule has 0 unspecified atom stereocenters. The van der Waals surface area contributed by atoms with E-state index < -0.39 is 0 Å². The Morgan fingerprint density at radius 3 is 3.07 bits per heavy atom. The van der Waals surface area contributed by atoms with Crippen LogP contribution in [-0.4, -0.2) is 63.4 Å². The lowest BCUT2D eigenvalue weighted by Crippen LogP contribution is -2.31. The molecule has 3 N–H and O–H groups in total. The summed E-state index contributed by atoms with van der Waals surface area (Å²) in [6.45, 7) is 0.777. The van der Waals surface area contributed by atoms with Crippen molar-refractivity contribution in [2.75, 3.05) is 37.4 Å². The zero-order valence-corrected chi connectivity index (χ0v) is 15.3. The van der Waals surface area contributed by atoms with Crippen molar-refractivity contribution in [2.45, 2.75) is 6.10 Å². The van der Waals surface area contributed by atoms with Gasteiger partial charge in [-0.1, -0.05) is 6.07 Å². The molecule has 1 saturated heterocycles. The number of amides is 1. The minimum atomic E-state index is -0.278. The molecule has 6 bridgehead atoms. The summed E-state index contributed by atoms with van der Waals surface area (Å²) in [4.78, 5) is 19.5. The summed E-state index contributed by atoms with van der Waals surface area (Å²) in [5.74, 6) is 1.66. The van der Waals surface area contributed by atoms with E-state index in [1.54, 1.807) is 16.5 Å². The second-order valence-electron chi connectivity index (χ2n) is 7.03. The first-order valence-corrected chi connectivity index (χ1v) is 9.16. The highest BCUT2D eigenvalue weighted by Gasteiger charge is 2.38. The molecule has 1 fully saturated rings. The Hall–Kier alpha value is -3.33. The third-order valence-electron chi connectivity index (χ3n) is 5.25. The van der Waals surface area contributed by atoms with Crippen LogP contribution in [0.4, 0.5) is 17.3 Å². The number of carbonyl (C=O) groups is 1. The maximum absolute atomic E-state index is 13.2. The summed E-state index contributed by atoms with van der Waals surface area (Å²) in [5, 5.41) is 20.5. The fourth-order valence-electron chi connectivity index (χ4n) is 3.81. The van der Waals surface area contributed by atoms with Gasteiger partial charge < -0.3 is 25.4 Å². The van der Waals surface area contributed by atoms with E-state index in [4.69, 9.17) is 4.74 Å². The standard InChI is InChI=1S/C19H20N6O3/c1-20-17-6-16-22-12-3-2-4-13(5-12)28-15-9-24(8-11(15)10-26)19(27)14-7-21-25(17)18(14)23-16/h2-7,11,15,20,26H,8-10H2,1H3,(H,22,23)/t11-,15-/m0/s1. The van der Waals surface area contributed by atoms with Crippen LogP contribution in [0.15, 0.2) is 36.5 Å². The van der Waals surface area contributed by atoms with Gasteiger partial charge in [-0.05, 0) is 12.1 Å². The van der Waals surface area contributed by atoms with Crippen LogP contribution < -0.4 is 15.4 Å². The van der Waals surface area contributed by atoms with Gasteiger partial charge >= 0.3 is 0 Å². The smallest absolute Gasteiger partial charge is 0.259 e. The first-order chi connectivity index (χ1) is 13.7. The minimum absolute atomic E-state index is 0.0482. The van der Waals surface area contributed by atoms with E-state index in [1.165, 1.54) is 6.20 Å². The lowest BCUT2D eigenvalue weighted by atomic mass is 10.1. The monoisotopic (exact) mass is 380 g/mol. The van der Waals surface area contributed by atoms with Gasteiger partial charge in [-0.2, -0.15) is 9.61 Å². The summed E-state index contributed by atoms with van der Waals surface area (Å²) in [6.07, 6.45) is 1.26. The molecule has 1 amide bonds. The van der Waals surface area contributed by atoms with Gasteiger partial charge in [-0.15, -0.1) is 0 Å². The number of hydrogen-bond donors (Lipinski definition) is 3. The molecule has 28 heavy (non-hydrogen) atoms. The Morgan fingerprint density at radius 1 is 1.36 bits per heavy atom. The molecule has 0 aliphatic carbocycles. The van der Waals surface area contributed by atoms with Crippen LogP contribution in [0.5, 0.6) is 5.75 Å². The van der Waals surface area contributed by atoms with Crippen molar-refractivity contribution >= 4 is 28.9 Å². The summed E-state index contributed by atoms with van der Waals surface area (Å²) in [7, 11) is 1.79. The second-order valence-corrected chi connectivity index (χ2v) is 7.03. The normalized spacial score (nSPS) is 20.9. The van der Waals surface area contributed by atoms with E-state index >= 15 is 0 Å². The number of nitrogens with one attached hydrogen (secondary N) is 2. The molecule has 9 nitrogen and oxygen atoms in total. The Bertz CT molecular complexity index is 1070. The molecule has 0 saturated carbocycles. The topological polar surface area (TPSA) is 104 Å². The van der Waals surface area contributed by atoms with Gasteiger partial charge in [0.1, 0.15) is 29.1 Å². The predicted octanol–water partition coefficient (Wildman–Crippen LogP) is 1.34. The van der Waals surface area contributed by atoms with Gasteiger partial charge in [0.25, 0.3) is 5.91 Å². The number of aliphatic hydroxyl groups is 1. The SMILES string of the molecule is CNc1cc2nc3c(cnn13)C(=O)N1C[C@@H](CO)[C@H](C1)Oc1cccc(c1)N2. The van der Waals surface area contributed by atoms with Gasteiger partial charge in [-0.25, -0.2) is 4.98 Å². The predicted molar refractivity (Wildman–Crippen MR) is 103 cm³/mol. The van der Waals surface area contributed by atoms with Crippen molar-refractivity contribution in [3.63, 3.8) is 0 Å². The number of rotatable bonds is 2. The van der Waals surface area contributed by atoms with Crippen molar-refractivity contribution < 1.29 is 14.6 Å². The Labute approximate surface area is 160 Å². The highest BCUT2D eigenvalue weighted by atomic mass is 16.5. The molecule has 5 rings (SSSR count). The third-order valence-corrected chi connectivity index (χ3v) is 5.25. The molecule has 0 radical (unpaired) electrons. The zero-order chi connectivity index (χ0) is 19.3. The summed E-state index contributed by atoms with van der Waals surface area (Å²) in [6, 6.07) is 9.40. The number of nitrogens with zero attached hydrogens (tertiary/aromatic N) is 4. The number of anilines is 3. The van der Waals surface area contributed by atoms with E-state index in [1.807, 2.05) is 30.3 Å². The lowest BCUT2D eigenvalue weighted by Gasteiger charge is -2.19. The number of fused-ring (bicyclic) bond motifs is 5. The lowest BCUT2D eigenvalue weighted by molar-refractivity contribution is 0.0774. The van der Waals surface area contributed by atoms with E-state index in [0.29, 0.717) is 41.7 Å². The van der Waals surface area contributed by atoms with Crippen molar-refractivity contribution in [1.82, 2.24) is 19.5 Å². The van der Waals surface area contributed by atoms with Crippen LogP contribution in [-0.2, 0) is 0 Å². The molecular weight excluding hydrogens is 360 g/mol. The first-order valence-electron chi connectivity index (χ1n) is 9.16. The van der Waals surface area contributed by atoms with Gasteiger partial charge in [-0.3, -0.25) is 4.79 Å². The summed E-state index contributed by atoms with van der Waals surface area (Å²) in [5.41, 5.74) is 1.71. The number of hydrogen-bond acceptors (Lipinski definition) is 7. The largest absolute Gasteiger partial charge is 0.488 e. The molecule has 4 heterocycles. The second kappa shape index (κ2) is 6.38. The molecule has 2 aromatic heterocycles. The Morgan fingerprint density at radius 2 is 2.25 bits per heavy atom. The fraction of sp³-hybridized carbons (Fsp3) is 0.316. The quantitative estimate of drug-likeness (QED) is 0.616. The summed E-state index contributed by atoms with van der Waals surface area (Å²) >= 11 is 0. The van der Waals surface area contributed by atoms with Crippen LogP contribution in [0.1, 0.15) is 10.4 Å². The van der Waals surface area contributed by atoms with Gasteiger partial charge in [0.2, 0.25) is 0 Å². The number of aliphatic hydroxyl groups excluding tert-OH is 1. The van der Waals surface area contributed by atoms with E-state index in [0.717, 1.165) is 5.69 Å². The molecular formula is C19H20N6O3. The van der Waals surface area contributed by atoms with Crippen molar-refractivity contribution in [1.29, 1.82) is 0 Å². The fourth-order valence-corrected chi connectivity index (χ4v) is 3.81. The molecule has 144 valence electrons. The molecule has 2 atom stereocenters. The zero-order valence-electron chi connectivity index (χ0n) is 15.3. The van der Waals surface area contributed by atoms with E-state index in [9.17, 15) is 9.90 Å². The average molecular weight is 380 g/mol. The molecule has 1 aromatic carbocycles. The highest BCUT2D eigenvalue weighted by Crippen LogP contribution is 2.29. The molecule has 3 aromatic rings. The first kappa shape index (κ1) is 16.8. The van der Waals surface area contributed by atoms with Gasteiger partial charge in [0, 0.05) is 37.3 Å². The van der Waals surface area contributed by atoms with Crippen LogP contribution in [0.25, 0.3) is 5.65 Å². The van der Waals surface area contributed by atoms with E-state index in [2.05, 4.69) is 20.7 Å². The molecule has 9 heteroatoms. The molecule has 2 aliphatic heterocycles. The number of ether oxygens (including phenoxy) is 1. The Kier molecular flexibility index (Phi) is 3.83. The number of benzene rings is 1. The van der Waals surface area contributed by atoms with Crippen molar-refractivity contribution in [2.24, 2.45) is 5.92 Å². The minimum Gasteiger partial charge on any atom is -0.488 e. The van der Waals surface area contributed by atoms with Crippen LogP contribution in [0.2, 0.25) is 0 Å². The van der Waals surface area contributed by atoms with Gasteiger partial charge in [0.05, 0.1) is 19.3 Å². The van der Waals surface area contributed by atoms with Crippen molar-refractivity contribution in [3.8, 4) is 5.75 Å². The van der Waals surface area contributed by atoms with Crippen LogP contribution in [0, 0.1) is 5.92 Å². The van der Waals surface area contributed by atoms with Crippen LogP contribution in [0.3, 0.4) is 0 Å².